The summed E-state index contributed by atoms with van der Waals surface area (Å²) < 4.78 is 13.0. The lowest BCUT2D eigenvalue weighted by atomic mass is 10.0. The number of nitrogens with zero attached hydrogens (tertiary/aromatic N) is 1. The fraction of sp³-hybridized carbons (Fsp3) is 0.103. The van der Waals surface area contributed by atoms with Gasteiger partial charge in [-0.25, -0.2) is 4.39 Å². The largest absolute Gasteiger partial charge is 0.397 e. The number of carbonyl (C=O) groups excluding carboxylic acids is 2. The number of halogens is 1. The molecule has 0 saturated heterocycles. The average Bonchev–Trinajstić information content (AvgIpc) is 2.88. The van der Waals surface area contributed by atoms with Gasteiger partial charge in [-0.15, -0.1) is 0 Å². The van der Waals surface area contributed by atoms with Crippen LogP contribution in [0, 0.1) is 0 Å². The smallest absolute Gasteiger partial charge is 0.255 e. The summed E-state index contributed by atoms with van der Waals surface area (Å²) in [5.74, 6) is -0.880. The summed E-state index contributed by atoms with van der Waals surface area (Å²) in [5.41, 5.74) is 11.7. The number of allylic oxidation sites excluding steroid dienone is 4. The third-order valence-electron chi connectivity index (χ3n) is 5.65. The summed E-state index contributed by atoms with van der Waals surface area (Å²) in [7, 11) is 1.85. The maximum atomic E-state index is 13.0. The van der Waals surface area contributed by atoms with Gasteiger partial charge in [-0.3, -0.25) is 9.59 Å². The van der Waals surface area contributed by atoms with Crippen LogP contribution in [0.15, 0.2) is 109 Å². The summed E-state index contributed by atoms with van der Waals surface area (Å²) >= 11 is 0. The van der Waals surface area contributed by atoms with Gasteiger partial charge in [0.2, 0.25) is 6.41 Å². The molecule has 0 unspecified atom stereocenters. The zero-order valence-corrected chi connectivity index (χ0v) is 20.3. The van der Waals surface area contributed by atoms with Crippen molar-refractivity contribution in [3.8, 4) is 11.1 Å². The third kappa shape index (κ3) is 6.93. The van der Waals surface area contributed by atoms with Gasteiger partial charge in [-0.2, -0.15) is 0 Å². The Kier molecular flexibility index (Phi) is 8.78. The van der Waals surface area contributed by atoms with Gasteiger partial charge in [-0.05, 0) is 60.0 Å². The molecule has 0 atom stereocenters. The monoisotopic (exact) mass is 484 g/mol. The van der Waals surface area contributed by atoms with Crippen molar-refractivity contribution in [2.24, 2.45) is 0 Å². The van der Waals surface area contributed by atoms with Gasteiger partial charge in [0.25, 0.3) is 5.91 Å². The van der Waals surface area contributed by atoms with Crippen LogP contribution >= 0.6 is 0 Å². The van der Waals surface area contributed by atoms with Crippen molar-refractivity contribution in [2.45, 2.75) is 13.5 Å². The van der Waals surface area contributed by atoms with E-state index >= 15 is 0 Å². The van der Waals surface area contributed by atoms with Gasteiger partial charge in [0.15, 0.2) is 0 Å². The molecule has 0 bridgehead atoms. The second-order valence-electron chi connectivity index (χ2n) is 8.22. The standard InChI is InChI=1S/C29H29FN4O2/c1-20(30)9-16-27(32-19-35)21(2)34(3)18-22-10-12-24(13-11-22)29(36)33-28-17-25(14-15-26(28)31)23-7-5-4-6-8-23/h4-17,19H,1,18,31H2,2-3H3,(H,32,35)(H,33,36)/b16-9-,27-21-. The van der Waals surface area contributed by atoms with Gasteiger partial charge >= 0.3 is 0 Å². The van der Waals surface area contributed by atoms with Crippen molar-refractivity contribution in [2.75, 3.05) is 18.1 Å². The molecule has 0 aliphatic heterocycles. The number of nitrogens with one attached hydrogen (secondary N) is 2. The minimum atomic E-state index is -0.613. The van der Waals surface area contributed by atoms with Crippen LogP contribution in [0.2, 0.25) is 0 Å². The predicted octanol–water partition coefficient (Wildman–Crippen LogP) is 5.64. The molecule has 7 heteroatoms. The first kappa shape index (κ1) is 26.0. The minimum Gasteiger partial charge on any atom is -0.397 e. The first-order valence-electron chi connectivity index (χ1n) is 11.3. The molecule has 2 amide bonds. The van der Waals surface area contributed by atoms with E-state index in [0.717, 1.165) is 22.4 Å². The second-order valence-corrected chi connectivity index (χ2v) is 8.22. The number of benzene rings is 3. The molecule has 0 fully saturated rings. The molecule has 4 N–H and O–H groups in total. The average molecular weight is 485 g/mol. The van der Waals surface area contributed by atoms with E-state index in [9.17, 15) is 14.0 Å². The van der Waals surface area contributed by atoms with Crippen molar-refractivity contribution < 1.29 is 14.0 Å². The molecule has 6 nitrogen and oxygen atoms in total. The topological polar surface area (TPSA) is 87.5 Å². The highest BCUT2D eigenvalue weighted by Crippen LogP contribution is 2.27. The molecule has 0 heterocycles. The molecule has 3 aromatic rings. The number of rotatable bonds is 10. The maximum absolute atomic E-state index is 13.0. The van der Waals surface area contributed by atoms with E-state index in [4.69, 9.17) is 5.73 Å². The molecule has 0 aromatic heterocycles. The van der Waals surface area contributed by atoms with Gasteiger partial charge in [0, 0.05) is 24.9 Å². The first-order valence-corrected chi connectivity index (χ1v) is 11.3. The second kappa shape index (κ2) is 12.2. The summed E-state index contributed by atoms with van der Waals surface area (Å²) in [6, 6.07) is 22.6. The van der Waals surface area contributed by atoms with Gasteiger partial charge in [0.1, 0.15) is 5.83 Å². The zero-order valence-electron chi connectivity index (χ0n) is 20.3. The number of hydrogen-bond acceptors (Lipinski definition) is 4. The molecule has 36 heavy (non-hydrogen) atoms. The number of hydrogen-bond donors (Lipinski definition) is 3. The lowest BCUT2D eigenvalue weighted by Crippen LogP contribution is -2.21. The van der Waals surface area contributed by atoms with Gasteiger partial charge in [-0.1, -0.05) is 55.1 Å². The van der Waals surface area contributed by atoms with E-state index in [1.807, 2.05) is 73.5 Å². The Labute approximate surface area is 210 Å². The quantitative estimate of drug-likeness (QED) is 0.198. The normalized spacial score (nSPS) is 11.5. The zero-order chi connectivity index (χ0) is 26.1. The van der Waals surface area contributed by atoms with Gasteiger partial charge in [0.05, 0.1) is 17.1 Å². The number of anilines is 2. The highest BCUT2D eigenvalue weighted by atomic mass is 19.1. The van der Waals surface area contributed by atoms with Crippen molar-refractivity contribution in [1.29, 1.82) is 0 Å². The van der Waals surface area contributed by atoms with Crippen LogP contribution in [0.3, 0.4) is 0 Å². The summed E-state index contributed by atoms with van der Waals surface area (Å²) in [5, 5.41) is 5.47. The van der Waals surface area contributed by atoms with Crippen LogP contribution in [0.1, 0.15) is 22.8 Å². The summed E-state index contributed by atoms with van der Waals surface area (Å²) in [4.78, 5) is 25.7. The number of nitrogens with two attached hydrogens (primary N) is 1. The first-order chi connectivity index (χ1) is 17.3. The van der Waals surface area contributed by atoms with Crippen LogP contribution in [0.25, 0.3) is 11.1 Å². The lowest BCUT2D eigenvalue weighted by molar-refractivity contribution is -0.108. The van der Waals surface area contributed by atoms with Crippen molar-refractivity contribution in [1.82, 2.24) is 10.2 Å². The maximum Gasteiger partial charge on any atom is 0.255 e. The van der Waals surface area contributed by atoms with E-state index in [2.05, 4.69) is 17.2 Å². The molecule has 0 aliphatic carbocycles. The molecule has 3 aromatic carbocycles. The lowest BCUT2D eigenvalue weighted by Gasteiger charge is -2.22. The predicted molar refractivity (Wildman–Crippen MR) is 143 cm³/mol. The Balaban J connectivity index is 1.71. The number of carbonyl (C=O) groups is 2. The van der Waals surface area contributed by atoms with E-state index in [1.54, 1.807) is 18.2 Å². The molecule has 3 rings (SSSR count). The van der Waals surface area contributed by atoms with Crippen LogP contribution in [-0.4, -0.2) is 24.3 Å². The van der Waals surface area contributed by atoms with Crippen molar-refractivity contribution >= 4 is 23.7 Å². The molecule has 184 valence electrons. The molecular formula is C29H29FN4O2. The minimum absolute atomic E-state index is 0.267. The SMILES string of the molecule is C=C(F)/C=C\C(NC=O)=C(/C)N(C)Cc1ccc(C(=O)Nc2cc(-c3ccccc3)ccc2N)cc1. The van der Waals surface area contributed by atoms with E-state index in [-0.39, 0.29) is 5.91 Å². The van der Waals surface area contributed by atoms with E-state index < -0.39 is 5.83 Å². The molecule has 0 spiro atoms. The van der Waals surface area contributed by atoms with E-state index in [0.29, 0.717) is 35.6 Å². The Morgan fingerprint density at radius 1 is 1.03 bits per heavy atom. The fourth-order valence-corrected chi connectivity index (χ4v) is 3.54. The highest BCUT2D eigenvalue weighted by molar-refractivity contribution is 6.06. The van der Waals surface area contributed by atoms with Gasteiger partial charge < -0.3 is 21.3 Å². The van der Waals surface area contributed by atoms with Crippen LogP contribution in [0.4, 0.5) is 15.8 Å². The highest BCUT2D eigenvalue weighted by Gasteiger charge is 2.11. The van der Waals surface area contributed by atoms with E-state index in [1.165, 1.54) is 12.2 Å². The Morgan fingerprint density at radius 3 is 2.36 bits per heavy atom. The van der Waals surface area contributed by atoms with Crippen LogP contribution in [0.5, 0.6) is 0 Å². The number of amides is 2. The Morgan fingerprint density at radius 2 is 1.72 bits per heavy atom. The molecule has 0 radical (unpaired) electrons. The Hall–Kier alpha value is -4.65. The summed E-state index contributed by atoms with van der Waals surface area (Å²) in [6.07, 6.45) is 3.17. The van der Waals surface area contributed by atoms with Crippen molar-refractivity contribution in [3.63, 3.8) is 0 Å². The molecule has 0 aliphatic rings. The van der Waals surface area contributed by atoms with Crippen LogP contribution < -0.4 is 16.4 Å². The van der Waals surface area contributed by atoms with Crippen molar-refractivity contribution in [3.05, 3.63) is 120 Å². The van der Waals surface area contributed by atoms with Crippen LogP contribution in [-0.2, 0) is 11.3 Å². The summed E-state index contributed by atoms with van der Waals surface area (Å²) in [6.45, 7) is 5.51. The molecular weight excluding hydrogens is 455 g/mol. The fourth-order valence-electron chi connectivity index (χ4n) is 3.54. The Bertz CT molecular complexity index is 1300. The molecule has 0 saturated carbocycles. The third-order valence-corrected chi connectivity index (χ3v) is 5.65. The number of nitrogen functional groups attached to an aromatic ring is 1.